The molecule has 9 heteroatoms. The molecular weight excluding hydrogens is 558 g/mol. The highest BCUT2D eigenvalue weighted by Crippen LogP contribution is 2.26. The molecule has 1 aliphatic carbocycles. The zero-order valence-electron chi connectivity index (χ0n) is 25.3. The molecule has 0 aliphatic heterocycles. The van der Waals surface area contributed by atoms with Gasteiger partial charge in [0.25, 0.3) is 0 Å². The molecule has 1 aliphatic rings. The van der Waals surface area contributed by atoms with Gasteiger partial charge in [-0.1, -0.05) is 84.9 Å². The van der Waals surface area contributed by atoms with Crippen LogP contribution in [0, 0.1) is 0 Å². The van der Waals surface area contributed by atoms with Gasteiger partial charge in [0.1, 0.15) is 12.1 Å². The largest absolute Gasteiger partial charge is 0.480 e. The molecule has 3 aromatic rings. The highest BCUT2D eigenvalue weighted by Gasteiger charge is 2.35. The van der Waals surface area contributed by atoms with Gasteiger partial charge in [0.15, 0.2) is 0 Å². The van der Waals surface area contributed by atoms with Crippen LogP contribution in [0.4, 0.5) is 0 Å². The molecule has 0 radical (unpaired) electrons. The lowest BCUT2D eigenvalue weighted by Gasteiger charge is -2.32. The van der Waals surface area contributed by atoms with E-state index in [0.717, 1.165) is 22.3 Å². The molecule has 3 aromatic carbocycles. The third-order valence-electron chi connectivity index (χ3n) is 7.94. The number of nitrogens with one attached hydrogen (secondary N) is 2. The van der Waals surface area contributed by atoms with Crippen LogP contribution in [0.5, 0.6) is 0 Å². The average Bonchev–Trinajstić information content (AvgIpc) is 3.46. The normalized spacial score (nSPS) is 14.6. The number of nitrogens with zero attached hydrogens (tertiary/aromatic N) is 1. The molecule has 4 rings (SSSR count). The van der Waals surface area contributed by atoms with Crippen LogP contribution in [0.2, 0.25) is 0 Å². The maximum absolute atomic E-state index is 14.0. The van der Waals surface area contributed by atoms with Crippen molar-refractivity contribution in [2.45, 2.75) is 70.1 Å². The molecular formula is C35H41N3O6. The molecule has 3 atom stereocenters. The van der Waals surface area contributed by atoms with Crippen molar-refractivity contribution < 1.29 is 29.0 Å². The number of carbonyl (C=O) groups is 4. The van der Waals surface area contributed by atoms with E-state index in [1.165, 1.54) is 4.90 Å². The fraction of sp³-hybridized carbons (Fsp3) is 0.371. The van der Waals surface area contributed by atoms with Crippen LogP contribution in [0.3, 0.4) is 0 Å². The summed E-state index contributed by atoms with van der Waals surface area (Å²) in [6.45, 7) is 3.32. The minimum absolute atomic E-state index is 0.116. The Hall–Kier alpha value is -4.50. The maximum Gasteiger partial charge on any atom is 0.326 e. The lowest BCUT2D eigenvalue weighted by Crippen LogP contribution is -2.56. The summed E-state index contributed by atoms with van der Waals surface area (Å²) in [7, 11) is 0. The van der Waals surface area contributed by atoms with Crippen LogP contribution in [0.15, 0.2) is 84.9 Å². The summed E-state index contributed by atoms with van der Waals surface area (Å²) < 4.78 is 5.31. The second-order valence-electron chi connectivity index (χ2n) is 11.2. The third kappa shape index (κ3) is 9.00. The quantitative estimate of drug-likeness (QED) is 0.229. The Labute approximate surface area is 258 Å². The van der Waals surface area contributed by atoms with Gasteiger partial charge in [-0.25, -0.2) is 4.79 Å². The van der Waals surface area contributed by atoms with Crippen molar-refractivity contribution in [2.75, 3.05) is 13.2 Å². The number of aryl methyl sites for hydroxylation is 1. The number of ether oxygens (including phenoxy) is 1. The molecule has 9 nitrogen and oxygen atoms in total. The Morgan fingerprint density at radius 3 is 2.00 bits per heavy atom. The summed E-state index contributed by atoms with van der Waals surface area (Å²) in [4.78, 5) is 53.8. The van der Waals surface area contributed by atoms with E-state index in [-0.39, 0.29) is 31.5 Å². The molecule has 0 spiro atoms. The van der Waals surface area contributed by atoms with Crippen molar-refractivity contribution in [3.05, 3.63) is 107 Å². The summed E-state index contributed by atoms with van der Waals surface area (Å²) >= 11 is 0. The van der Waals surface area contributed by atoms with Gasteiger partial charge in [0, 0.05) is 12.5 Å². The van der Waals surface area contributed by atoms with Gasteiger partial charge in [0.05, 0.1) is 19.2 Å². The van der Waals surface area contributed by atoms with Crippen molar-refractivity contribution in [3.63, 3.8) is 0 Å². The van der Waals surface area contributed by atoms with E-state index < -0.39 is 36.0 Å². The van der Waals surface area contributed by atoms with E-state index in [1.54, 1.807) is 26.0 Å². The Morgan fingerprint density at radius 1 is 0.864 bits per heavy atom. The summed E-state index contributed by atoms with van der Waals surface area (Å²) in [5.41, 5.74) is 4.05. The van der Waals surface area contributed by atoms with Gasteiger partial charge in [-0.15, -0.1) is 0 Å². The Bertz CT molecular complexity index is 1390. The number of hydrogen-bond acceptors (Lipinski definition) is 6. The maximum atomic E-state index is 14.0. The molecule has 44 heavy (non-hydrogen) atoms. The number of rotatable bonds is 15. The molecule has 232 valence electrons. The fourth-order valence-electron chi connectivity index (χ4n) is 5.68. The van der Waals surface area contributed by atoms with Crippen LogP contribution in [0.1, 0.15) is 42.5 Å². The lowest BCUT2D eigenvalue weighted by molar-refractivity contribution is -0.147. The Balaban J connectivity index is 1.49. The smallest absolute Gasteiger partial charge is 0.326 e. The lowest BCUT2D eigenvalue weighted by atomic mass is 10.0. The molecule has 0 saturated heterocycles. The number of hydrogen-bond donors (Lipinski definition) is 3. The summed E-state index contributed by atoms with van der Waals surface area (Å²) in [5.74, 6) is -2.50. The summed E-state index contributed by atoms with van der Waals surface area (Å²) in [6, 6.07) is 23.8. The zero-order chi connectivity index (χ0) is 31.5. The van der Waals surface area contributed by atoms with Crippen molar-refractivity contribution in [3.8, 4) is 0 Å². The first-order chi connectivity index (χ1) is 21.2. The number of carbonyl (C=O) groups excluding carboxylic acids is 3. The Morgan fingerprint density at radius 2 is 1.43 bits per heavy atom. The molecule has 0 saturated carbocycles. The van der Waals surface area contributed by atoms with Gasteiger partial charge in [-0.05, 0) is 61.8 Å². The highest BCUT2D eigenvalue weighted by atomic mass is 16.5. The van der Waals surface area contributed by atoms with E-state index in [0.29, 0.717) is 25.7 Å². The van der Waals surface area contributed by atoms with Crippen LogP contribution >= 0.6 is 0 Å². The van der Waals surface area contributed by atoms with Gasteiger partial charge in [-0.3, -0.25) is 19.7 Å². The summed E-state index contributed by atoms with van der Waals surface area (Å²) in [5, 5.41) is 15.6. The van der Waals surface area contributed by atoms with E-state index in [9.17, 15) is 24.3 Å². The zero-order valence-corrected chi connectivity index (χ0v) is 25.3. The molecule has 1 unspecified atom stereocenters. The van der Waals surface area contributed by atoms with E-state index >= 15 is 0 Å². The van der Waals surface area contributed by atoms with E-state index in [4.69, 9.17) is 4.74 Å². The van der Waals surface area contributed by atoms with Crippen LogP contribution in [0.25, 0.3) is 0 Å². The SMILES string of the molecule is CCOC(=O)C(CCc1ccccc1)N[C@@H](C)C(=O)N(CC(=O)N[C@@H](Cc1ccccc1)C(=O)O)C1Cc2ccccc2C1. The average molecular weight is 600 g/mol. The third-order valence-corrected chi connectivity index (χ3v) is 7.94. The first kappa shape index (κ1) is 32.4. The Kier molecular flexibility index (Phi) is 11.7. The second-order valence-corrected chi connectivity index (χ2v) is 11.2. The number of carboxylic acids is 1. The molecule has 0 aromatic heterocycles. The van der Waals surface area contributed by atoms with Crippen molar-refractivity contribution in [1.29, 1.82) is 0 Å². The number of benzene rings is 3. The first-order valence-electron chi connectivity index (χ1n) is 15.1. The number of carboxylic acid groups (broad SMARTS) is 1. The van der Waals surface area contributed by atoms with Gasteiger partial charge < -0.3 is 20.1 Å². The topological polar surface area (TPSA) is 125 Å². The van der Waals surface area contributed by atoms with Crippen molar-refractivity contribution >= 4 is 23.8 Å². The van der Waals surface area contributed by atoms with Crippen LogP contribution in [-0.4, -0.2) is 71.1 Å². The van der Waals surface area contributed by atoms with E-state index in [1.807, 2.05) is 72.8 Å². The first-order valence-corrected chi connectivity index (χ1v) is 15.1. The van der Waals surface area contributed by atoms with Crippen LogP contribution in [-0.2, 0) is 49.6 Å². The molecule has 0 heterocycles. The summed E-state index contributed by atoms with van der Waals surface area (Å²) in [6.07, 6.45) is 2.30. The number of amides is 2. The predicted molar refractivity (Wildman–Crippen MR) is 167 cm³/mol. The number of aliphatic carboxylic acids is 1. The standard InChI is InChI=1S/C35H41N3O6/c1-3-44-35(43)30(19-18-25-12-6-4-7-13-25)36-24(2)33(40)38(29-21-27-16-10-11-17-28(27)22-29)23-32(39)37-31(34(41)42)20-26-14-8-5-9-15-26/h4-17,24,29-31,36H,3,18-23H2,1-2H3,(H,37,39)(H,41,42)/t24-,30?,31-/m0/s1. The van der Waals surface area contributed by atoms with Crippen LogP contribution < -0.4 is 10.6 Å². The minimum atomic E-state index is -1.15. The monoisotopic (exact) mass is 599 g/mol. The van der Waals surface area contributed by atoms with Gasteiger partial charge in [-0.2, -0.15) is 0 Å². The van der Waals surface area contributed by atoms with Crippen molar-refractivity contribution in [1.82, 2.24) is 15.5 Å². The highest BCUT2D eigenvalue weighted by molar-refractivity contribution is 5.90. The molecule has 0 bridgehead atoms. The van der Waals surface area contributed by atoms with E-state index in [2.05, 4.69) is 10.6 Å². The van der Waals surface area contributed by atoms with Gasteiger partial charge >= 0.3 is 11.9 Å². The van der Waals surface area contributed by atoms with Gasteiger partial charge in [0.2, 0.25) is 11.8 Å². The second kappa shape index (κ2) is 15.8. The fourth-order valence-corrected chi connectivity index (χ4v) is 5.68. The number of esters is 1. The molecule has 0 fully saturated rings. The predicted octanol–water partition coefficient (Wildman–Crippen LogP) is 3.34. The van der Waals surface area contributed by atoms with Crippen molar-refractivity contribution in [2.24, 2.45) is 0 Å². The minimum Gasteiger partial charge on any atom is -0.480 e. The molecule has 2 amide bonds. The molecule has 3 N–H and O–H groups in total. The number of fused-ring (bicyclic) bond motifs is 1.